The number of nitrogens with two attached hydrogens (primary N) is 1. The zero-order valence-corrected chi connectivity index (χ0v) is 8.15. The lowest BCUT2D eigenvalue weighted by Gasteiger charge is -2.08. The van der Waals surface area contributed by atoms with Crippen LogP contribution in [-0.2, 0) is 0 Å². The molecule has 1 aliphatic carbocycles. The van der Waals surface area contributed by atoms with Crippen LogP contribution < -0.4 is 5.73 Å². The van der Waals surface area contributed by atoms with Crippen molar-refractivity contribution in [3.8, 4) is 6.07 Å². The van der Waals surface area contributed by atoms with Crippen LogP contribution in [0.3, 0.4) is 0 Å². The molecule has 1 aliphatic rings. The van der Waals surface area contributed by atoms with E-state index >= 15 is 0 Å². The second-order valence-electron chi connectivity index (χ2n) is 3.42. The molecule has 1 unspecified atom stereocenters. The van der Waals surface area contributed by atoms with Gasteiger partial charge in [0.05, 0.1) is 6.07 Å². The number of hydrogen-bond donors (Lipinski definition) is 1. The highest BCUT2D eigenvalue weighted by molar-refractivity contribution is 7.99. The molecule has 1 atom stereocenters. The summed E-state index contributed by atoms with van der Waals surface area (Å²) in [7, 11) is 0. The lowest BCUT2D eigenvalue weighted by Crippen LogP contribution is -2.20. The van der Waals surface area contributed by atoms with E-state index in [1.54, 1.807) is 0 Å². The summed E-state index contributed by atoms with van der Waals surface area (Å²) in [5.41, 5.74) is 5.48. The van der Waals surface area contributed by atoms with Gasteiger partial charge in [-0.2, -0.15) is 17.0 Å². The van der Waals surface area contributed by atoms with Crippen molar-refractivity contribution >= 4 is 11.8 Å². The lowest BCUT2D eigenvalue weighted by atomic mass is 10.1. The third-order valence-electron chi connectivity index (χ3n) is 2.29. The molecule has 3 heteroatoms. The zero-order chi connectivity index (χ0) is 8.81. The smallest absolute Gasteiger partial charge is 0.102 e. The quantitative estimate of drug-likeness (QED) is 0.724. The SMILES string of the molecule is N#CC(N)CSCC1CCCC1. The van der Waals surface area contributed by atoms with Gasteiger partial charge < -0.3 is 5.73 Å². The van der Waals surface area contributed by atoms with Gasteiger partial charge in [-0.3, -0.25) is 0 Å². The lowest BCUT2D eigenvalue weighted by molar-refractivity contribution is 0.623. The van der Waals surface area contributed by atoms with E-state index in [1.165, 1.54) is 31.4 Å². The maximum Gasteiger partial charge on any atom is 0.102 e. The second-order valence-corrected chi connectivity index (χ2v) is 4.50. The minimum atomic E-state index is -0.267. The molecule has 12 heavy (non-hydrogen) atoms. The van der Waals surface area contributed by atoms with Gasteiger partial charge >= 0.3 is 0 Å². The van der Waals surface area contributed by atoms with Gasteiger partial charge in [-0.25, -0.2) is 0 Å². The van der Waals surface area contributed by atoms with Crippen LogP contribution in [0.2, 0.25) is 0 Å². The molecule has 0 aromatic heterocycles. The Balaban J connectivity index is 1.98. The predicted molar refractivity (Wildman–Crippen MR) is 52.9 cm³/mol. The molecule has 1 rings (SSSR count). The van der Waals surface area contributed by atoms with Crippen molar-refractivity contribution in [3.05, 3.63) is 0 Å². The molecule has 1 saturated carbocycles. The minimum absolute atomic E-state index is 0.267. The molecular weight excluding hydrogens is 168 g/mol. The Morgan fingerprint density at radius 2 is 2.17 bits per heavy atom. The molecule has 0 amide bonds. The largest absolute Gasteiger partial charge is 0.315 e. The zero-order valence-electron chi connectivity index (χ0n) is 7.33. The predicted octanol–water partition coefficient (Wildman–Crippen LogP) is 1.76. The van der Waals surface area contributed by atoms with E-state index in [2.05, 4.69) is 0 Å². The number of hydrogen-bond acceptors (Lipinski definition) is 3. The van der Waals surface area contributed by atoms with Crippen molar-refractivity contribution in [2.45, 2.75) is 31.7 Å². The number of rotatable bonds is 4. The molecule has 0 bridgehead atoms. The first-order valence-electron chi connectivity index (χ1n) is 4.56. The average Bonchev–Trinajstić information content (AvgIpc) is 2.57. The van der Waals surface area contributed by atoms with E-state index in [-0.39, 0.29) is 6.04 Å². The van der Waals surface area contributed by atoms with Crippen LogP contribution >= 0.6 is 11.8 Å². The molecule has 2 nitrogen and oxygen atoms in total. The molecule has 0 aromatic rings. The highest BCUT2D eigenvalue weighted by Crippen LogP contribution is 2.27. The molecule has 0 radical (unpaired) electrons. The van der Waals surface area contributed by atoms with Crippen LogP contribution in [-0.4, -0.2) is 17.5 Å². The standard InChI is InChI=1S/C9H16N2S/c10-5-9(11)7-12-6-8-3-1-2-4-8/h8-9H,1-4,6-7,11H2. The van der Waals surface area contributed by atoms with E-state index in [9.17, 15) is 0 Å². The van der Waals surface area contributed by atoms with Crippen LogP contribution in [0, 0.1) is 17.2 Å². The van der Waals surface area contributed by atoms with E-state index < -0.39 is 0 Å². The van der Waals surface area contributed by atoms with Gasteiger partial charge in [0.1, 0.15) is 6.04 Å². The van der Waals surface area contributed by atoms with Crippen molar-refractivity contribution in [1.29, 1.82) is 5.26 Å². The summed E-state index contributed by atoms with van der Waals surface area (Å²) < 4.78 is 0. The Labute approximate surface area is 78.5 Å². The van der Waals surface area contributed by atoms with Crippen molar-refractivity contribution in [2.24, 2.45) is 11.7 Å². The summed E-state index contributed by atoms with van der Waals surface area (Å²) in [5, 5.41) is 8.44. The molecule has 0 aromatic carbocycles. The summed E-state index contributed by atoms with van der Waals surface area (Å²) >= 11 is 1.84. The molecule has 0 spiro atoms. The first-order chi connectivity index (χ1) is 5.83. The molecule has 2 N–H and O–H groups in total. The molecule has 0 heterocycles. The minimum Gasteiger partial charge on any atom is -0.315 e. The molecular formula is C9H16N2S. The third kappa shape index (κ3) is 3.46. The van der Waals surface area contributed by atoms with Crippen molar-refractivity contribution in [3.63, 3.8) is 0 Å². The first kappa shape index (κ1) is 9.88. The highest BCUT2D eigenvalue weighted by atomic mass is 32.2. The van der Waals surface area contributed by atoms with Crippen LogP contribution in [0.15, 0.2) is 0 Å². The average molecular weight is 184 g/mol. The van der Waals surface area contributed by atoms with E-state index in [1.807, 2.05) is 17.8 Å². The Kier molecular flexibility index (Phi) is 4.49. The second kappa shape index (κ2) is 5.45. The van der Waals surface area contributed by atoms with Crippen LogP contribution in [0.4, 0.5) is 0 Å². The fourth-order valence-electron chi connectivity index (χ4n) is 1.58. The van der Waals surface area contributed by atoms with Crippen molar-refractivity contribution < 1.29 is 0 Å². The Morgan fingerprint density at radius 1 is 1.50 bits per heavy atom. The Bertz CT molecular complexity index is 158. The summed E-state index contributed by atoms with van der Waals surface area (Å²) in [6.45, 7) is 0. The van der Waals surface area contributed by atoms with Gasteiger partial charge in [0.2, 0.25) is 0 Å². The van der Waals surface area contributed by atoms with Crippen LogP contribution in [0.25, 0.3) is 0 Å². The summed E-state index contributed by atoms with van der Waals surface area (Å²) in [4.78, 5) is 0. The van der Waals surface area contributed by atoms with Gasteiger partial charge in [-0.15, -0.1) is 0 Å². The monoisotopic (exact) mass is 184 g/mol. The van der Waals surface area contributed by atoms with E-state index in [0.29, 0.717) is 0 Å². The van der Waals surface area contributed by atoms with E-state index in [0.717, 1.165) is 11.7 Å². The van der Waals surface area contributed by atoms with Gasteiger partial charge in [0.15, 0.2) is 0 Å². The van der Waals surface area contributed by atoms with Gasteiger partial charge in [0, 0.05) is 5.75 Å². The molecule has 1 fully saturated rings. The van der Waals surface area contributed by atoms with Gasteiger partial charge in [-0.05, 0) is 24.5 Å². The summed E-state index contributed by atoms with van der Waals surface area (Å²) in [5.74, 6) is 2.91. The third-order valence-corrected chi connectivity index (χ3v) is 3.59. The van der Waals surface area contributed by atoms with Crippen LogP contribution in [0.1, 0.15) is 25.7 Å². The Hall–Kier alpha value is -0.200. The molecule has 68 valence electrons. The summed E-state index contributed by atoms with van der Waals surface area (Å²) in [6, 6.07) is 1.78. The fourth-order valence-corrected chi connectivity index (χ4v) is 2.71. The highest BCUT2D eigenvalue weighted by Gasteiger charge is 2.14. The number of nitrogens with zero attached hydrogens (tertiary/aromatic N) is 1. The number of thioether (sulfide) groups is 1. The fraction of sp³-hybridized carbons (Fsp3) is 0.889. The normalized spacial score (nSPS) is 20.7. The first-order valence-corrected chi connectivity index (χ1v) is 5.71. The van der Waals surface area contributed by atoms with Crippen molar-refractivity contribution in [1.82, 2.24) is 0 Å². The molecule has 0 saturated heterocycles. The maximum atomic E-state index is 8.44. The van der Waals surface area contributed by atoms with Crippen molar-refractivity contribution in [2.75, 3.05) is 11.5 Å². The molecule has 0 aliphatic heterocycles. The number of nitriles is 1. The Morgan fingerprint density at radius 3 is 2.75 bits per heavy atom. The van der Waals surface area contributed by atoms with Gasteiger partial charge in [-0.1, -0.05) is 12.8 Å². The van der Waals surface area contributed by atoms with Gasteiger partial charge in [0.25, 0.3) is 0 Å². The topological polar surface area (TPSA) is 49.8 Å². The van der Waals surface area contributed by atoms with E-state index in [4.69, 9.17) is 11.0 Å². The van der Waals surface area contributed by atoms with Crippen LogP contribution in [0.5, 0.6) is 0 Å². The maximum absolute atomic E-state index is 8.44. The summed E-state index contributed by atoms with van der Waals surface area (Å²) in [6.07, 6.45) is 5.56.